The summed E-state index contributed by atoms with van der Waals surface area (Å²) in [4.78, 5) is 11.5. The van der Waals surface area contributed by atoms with E-state index in [-0.39, 0.29) is 12.6 Å². The van der Waals surface area contributed by atoms with Gasteiger partial charge in [0.05, 0.1) is 25.2 Å². The van der Waals surface area contributed by atoms with Gasteiger partial charge in [-0.05, 0) is 33.6 Å². The molecule has 0 rings (SSSR count). The molecule has 0 saturated carbocycles. The molecule has 1 N–H and O–H groups in total. The fourth-order valence-electron chi connectivity index (χ4n) is 1.21. The first-order valence-electron chi connectivity index (χ1n) is 5.40. The Morgan fingerprint density at radius 3 is 2.53 bits per heavy atom. The van der Waals surface area contributed by atoms with Crippen molar-refractivity contribution in [3.05, 3.63) is 0 Å². The zero-order valence-corrected chi connectivity index (χ0v) is 9.91. The van der Waals surface area contributed by atoms with Crippen LogP contribution in [0.15, 0.2) is 0 Å². The molecular formula is C11H22O4. The number of aliphatic hydroxyl groups excluding tert-OH is 1. The number of aliphatic hydroxyl groups is 1. The molecule has 0 heterocycles. The van der Waals surface area contributed by atoms with Gasteiger partial charge in [0, 0.05) is 6.61 Å². The number of hydrogen-bond acceptors (Lipinski definition) is 4. The van der Waals surface area contributed by atoms with Crippen molar-refractivity contribution in [3.63, 3.8) is 0 Å². The summed E-state index contributed by atoms with van der Waals surface area (Å²) in [6.45, 7) is 6.94. The average molecular weight is 218 g/mol. The number of esters is 1. The van der Waals surface area contributed by atoms with E-state index in [1.807, 2.05) is 13.8 Å². The first kappa shape index (κ1) is 14.4. The monoisotopic (exact) mass is 218 g/mol. The van der Waals surface area contributed by atoms with Crippen molar-refractivity contribution in [2.75, 3.05) is 26.4 Å². The highest BCUT2D eigenvalue weighted by atomic mass is 16.5. The molecule has 0 aliphatic heterocycles. The van der Waals surface area contributed by atoms with Gasteiger partial charge in [-0.1, -0.05) is 0 Å². The van der Waals surface area contributed by atoms with Gasteiger partial charge in [0.2, 0.25) is 0 Å². The molecular weight excluding hydrogens is 196 g/mol. The molecule has 0 bridgehead atoms. The SMILES string of the molecule is CCOC(=O)C(C)(C)CCCOCCO. The molecule has 0 aromatic rings. The normalized spacial score (nSPS) is 11.5. The van der Waals surface area contributed by atoms with Crippen LogP contribution in [0.4, 0.5) is 0 Å². The lowest BCUT2D eigenvalue weighted by Gasteiger charge is -2.21. The molecule has 90 valence electrons. The number of rotatable bonds is 8. The van der Waals surface area contributed by atoms with E-state index in [0.717, 1.165) is 12.8 Å². The van der Waals surface area contributed by atoms with Crippen LogP contribution in [0, 0.1) is 5.41 Å². The van der Waals surface area contributed by atoms with Gasteiger partial charge < -0.3 is 14.6 Å². The van der Waals surface area contributed by atoms with Crippen LogP contribution in [-0.2, 0) is 14.3 Å². The highest BCUT2D eigenvalue weighted by Crippen LogP contribution is 2.23. The van der Waals surface area contributed by atoms with Gasteiger partial charge in [-0.15, -0.1) is 0 Å². The second kappa shape index (κ2) is 7.65. The quantitative estimate of drug-likeness (QED) is 0.494. The molecule has 0 unspecified atom stereocenters. The van der Waals surface area contributed by atoms with Crippen LogP contribution < -0.4 is 0 Å². The topological polar surface area (TPSA) is 55.8 Å². The maximum absolute atomic E-state index is 11.5. The maximum Gasteiger partial charge on any atom is 0.311 e. The lowest BCUT2D eigenvalue weighted by atomic mass is 9.88. The van der Waals surface area contributed by atoms with Crippen molar-refractivity contribution in [2.24, 2.45) is 5.41 Å². The molecule has 0 aliphatic rings. The highest BCUT2D eigenvalue weighted by molar-refractivity contribution is 5.75. The lowest BCUT2D eigenvalue weighted by molar-refractivity contribution is -0.153. The van der Waals surface area contributed by atoms with Crippen molar-refractivity contribution in [1.29, 1.82) is 0 Å². The third-order valence-electron chi connectivity index (χ3n) is 2.15. The Kier molecular flexibility index (Phi) is 7.34. The van der Waals surface area contributed by atoms with Gasteiger partial charge >= 0.3 is 5.97 Å². The van der Waals surface area contributed by atoms with Crippen LogP contribution in [0.1, 0.15) is 33.6 Å². The molecule has 0 spiro atoms. The Balaban J connectivity index is 3.68. The third kappa shape index (κ3) is 6.47. The summed E-state index contributed by atoms with van der Waals surface area (Å²) in [5.74, 6) is -0.160. The van der Waals surface area contributed by atoms with Crippen molar-refractivity contribution in [2.45, 2.75) is 33.6 Å². The predicted octanol–water partition coefficient (Wildman–Crippen LogP) is 1.36. The van der Waals surface area contributed by atoms with Gasteiger partial charge in [-0.3, -0.25) is 4.79 Å². The average Bonchev–Trinajstić information content (AvgIpc) is 2.18. The van der Waals surface area contributed by atoms with Crippen molar-refractivity contribution < 1.29 is 19.4 Å². The molecule has 0 radical (unpaired) electrons. The standard InChI is InChI=1S/C11H22O4/c1-4-15-10(13)11(2,3)6-5-8-14-9-7-12/h12H,4-9H2,1-3H3. The summed E-state index contributed by atoms with van der Waals surface area (Å²) in [5.41, 5.74) is -0.446. The Morgan fingerprint density at radius 1 is 1.33 bits per heavy atom. The third-order valence-corrected chi connectivity index (χ3v) is 2.15. The van der Waals surface area contributed by atoms with Crippen molar-refractivity contribution in [1.82, 2.24) is 0 Å². The number of carbonyl (C=O) groups is 1. The molecule has 0 aliphatic carbocycles. The zero-order chi connectivity index (χ0) is 11.7. The van der Waals surface area contributed by atoms with Gasteiger partial charge in [-0.2, -0.15) is 0 Å². The van der Waals surface area contributed by atoms with E-state index >= 15 is 0 Å². The summed E-state index contributed by atoms with van der Waals surface area (Å²) in [7, 11) is 0. The van der Waals surface area contributed by atoms with Crippen LogP contribution in [0.5, 0.6) is 0 Å². The predicted molar refractivity (Wildman–Crippen MR) is 57.6 cm³/mol. The van der Waals surface area contributed by atoms with Gasteiger partial charge in [0.1, 0.15) is 0 Å². The summed E-state index contributed by atoms with van der Waals surface area (Å²) in [5, 5.41) is 8.48. The van der Waals surface area contributed by atoms with Crippen molar-refractivity contribution in [3.8, 4) is 0 Å². The van der Waals surface area contributed by atoms with Crippen molar-refractivity contribution >= 4 is 5.97 Å². The minimum Gasteiger partial charge on any atom is -0.466 e. The van der Waals surface area contributed by atoms with E-state index in [1.165, 1.54) is 0 Å². The Labute approximate surface area is 91.6 Å². The molecule has 15 heavy (non-hydrogen) atoms. The maximum atomic E-state index is 11.5. The number of ether oxygens (including phenoxy) is 2. The Hall–Kier alpha value is -0.610. The van der Waals surface area contributed by atoms with Crippen LogP contribution in [-0.4, -0.2) is 37.5 Å². The summed E-state index contributed by atoms with van der Waals surface area (Å²) in [6, 6.07) is 0. The van der Waals surface area contributed by atoms with E-state index < -0.39 is 5.41 Å². The van der Waals surface area contributed by atoms with Crippen LogP contribution in [0.25, 0.3) is 0 Å². The first-order chi connectivity index (χ1) is 7.04. The van der Waals surface area contributed by atoms with Crippen LogP contribution >= 0.6 is 0 Å². The van der Waals surface area contributed by atoms with E-state index in [2.05, 4.69) is 0 Å². The molecule has 0 fully saturated rings. The van der Waals surface area contributed by atoms with E-state index in [1.54, 1.807) is 6.92 Å². The van der Waals surface area contributed by atoms with E-state index in [9.17, 15) is 4.79 Å². The molecule has 0 saturated heterocycles. The highest BCUT2D eigenvalue weighted by Gasteiger charge is 2.28. The Morgan fingerprint density at radius 2 is 2.00 bits per heavy atom. The first-order valence-corrected chi connectivity index (χ1v) is 5.40. The smallest absolute Gasteiger partial charge is 0.311 e. The van der Waals surface area contributed by atoms with Gasteiger partial charge in [0.15, 0.2) is 0 Å². The lowest BCUT2D eigenvalue weighted by Crippen LogP contribution is -2.27. The number of hydrogen-bond donors (Lipinski definition) is 1. The van der Waals surface area contributed by atoms with Gasteiger partial charge in [0.25, 0.3) is 0 Å². The fourth-order valence-corrected chi connectivity index (χ4v) is 1.21. The second-order valence-corrected chi connectivity index (χ2v) is 4.04. The fraction of sp³-hybridized carbons (Fsp3) is 0.909. The Bertz CT molecular complexity index is 177. The molecule has 0 aromatic carbocycles. The van der Waals surface area contributed by atoms with E-state index in [0.29, 0.717) is 19.8 Å². The molecule has 0 amide bonds. The molecule has 0 atom stereocenters. The van der Waals surface area contributed by atoms with Crippen LogP contribution in [0.2, 0.25) is 0 Å². The second-order valence-electron chi connectivity index (χ2n) is 4.04. The zero-order valence-electron chi connectivity index (χ0n) is 9.91. The number of carbonyl (C=O) groups excluding carboxylic acids is 1. The molecule has 4 heteroatoms. The molecule has 4 nitrogen and oxygen atoms in total. The molecule has 0 aromatic heterocycles. The largest absolute Gasteiger partial charge is 0.466 e. The van der Waals surface area contributed by atoms with Crippen LogP contribution in [0.3, 0.4) is 0 Å². The summed E-state index contributed by atoms with van der Waals surface area (Å²) in [6.07, 6.45) is 1.53. The minimum absolute atomic E-state index is 0.0429. The minimum atomic E-state index is -0.446. The van der Waals surface area contributed by atoms with E-state index in [4.69, 9.17) is 14.6 Å². The summed E-state index contributed by atoms with van der Waals surface area (Å²) >= 11 is 0. The summed E-state index contributed by atoms with van der Waals surface area (Å²) < 4.78 is 10.1. The van der Waals surface area contributed by atoms with Gasteiger partial charge in [-0.25, -0.2) is 0 Å².